The van der Waals surface area contributed by atoms with Crippen LogP contribution in [-0.2, 0) is 19.1 Å². The second-order valence-corrected chi connectivity index (χ2v) is 8.57. The van der Waals surface area contributed by atoms with Crippen LogP contribution in [0.1, 0.15) is 56.8 Å². The Morgan fingerprint density at radius 1 is 1.13 bits per heavy atom. The molecule has 1 aliphatic heterocycles. The van der Waals surface area contributed by atoms with E-state index >= 15 is 0 Å². The highest BCUT2D eigenvalue weighted by molar-refractivity contribution is 5.99. The van der Waals surface area contributed by atoms with Crippen molar-refractivity contribution in [3.8, 4) is 0 Å². The fourth-order valence-corrected chi connectivity index (χ4v) is 4.48. The van der Waals surface area contributed by atoms with Gasteiger partial charge in [0.2, 0.25) is 11.8 Å². The van der Waals surface area contributed by atoms with Crippen molar-refractivity contribution in [2.24, 2.45) is 17.8 Å². The lowest BCUT2D eigenvalue weighted by atomic mass is 9.77. The van der Waals surface area contributed by atoms with Crippen LogP contribution in [0.25, 0.3) is 0 Å². The van der Waals surface area contributed by atoms with Gasteiger partial charge in [0.1, 0.15) is 0 Å². The topological polar surface area (TPSA) is 92.8 Å². The summed E-state index contributed by atoms with van der Waals surface area (Å²) in [6, 6.07) is 6.58. The van der Waals surface area contributed by atoms with E-state index in [4.69, 9.17) is 4.74 Å². The van der Waals surface area contributed by atoms with E-state index in [2.05, 4.69) is 19.2 Å². The summed E-state index contributed by atoms with van der Waals surface area (Å²) in [7, 11) is 0. The predicted molar refractivity (Wildman–Crippen MR) is 112 cm³/mol. The highest BCUT2D eigenvalue weighted by Gasteiger charge is 2.42. The average molecular weight is 415 g/mol. The number of amides is 2. The molecule has 0 spiro atoms. The molecule has 1 saturated heterocycles. The molecule has 30 heavy (non-hydrogen) atoms. The van der Waals surface area contributed by atoms with Crippen molar-refractivity contribution in [1.82, 2.24) is 4.90 Å². The minimum atomic E-state index is -0.517. The predicted octanol–water partition coefficient (Wildman–Crippen LogP) is 3.04. The Balaban J connectivity index is 1.52. The number of hydrogen-bond acceptors (Lipinski definition) is 5. The number of ketones is 1. The molecule has 1 aliphatic carbocycles. The van der Waals surface area contributed by atoms with E-state index in [1.165, 1.54) is 13.3 Å². The molecule has 0 bridgehead atoms. The molecule has 0 aromatic heterocycles. The maximum Gasteiger partial charge on any atom is 0.311 e. The minimum absolute atomic E-state index is 0.00258. The molecule has 1 aromatic rings. The summed E-state index contributed by atoms with van der Waals surface area (Å²) >= 11 is 0. The van der Waals surface area contributed by atoms with Gasteiger partial charge in [-0.15, -0.1) is 0 Å². The second kappa shape index (κ2) is 9.41. The van der Waals surface area contributed by atoms with Gasteiger partial charge in [-0.3, -0.25) is 19.2 Å². The van der Waals surface area contributed by atoms with E-state index in [1.807, 2.05) is 4.90 Å². The van der Waals surface area contributed by atoms with Crippen LogP contribution in [-0.4, -0.2) is 47.7 Å². The molecule has 4 atom stereocenters. The van der Waals surface area contributed by atoms with Gasteiger partial charge in [0, 0.05) is 37.2 Å². The van der Waals surface area contributed by atoms with Crippen molar-refractivity contribution in [1.29, 1.82) is 0 Å². The molecular formula is C23H30N2O5. The lowest BCUT2D eigenvalue weighted by molar-refractivity contribution is -0.147. The first-order chi connectivity index (χ1) is 14.3. The fraction of sp³-hybridized carbons (Fsp3) is 0.565. The number of ether oxygens (including phenoxy) is 1. The number of nitrogens with zero attached hydrogens (tertiary/aromatic N) is 1. The zero-order valence-electron chi connectivity index (χ0n) is 17.8. The summed E-state index contributed by atoms with van der Waals surface area (Å²) in [5, 5.41) is 2.63. The van der Waals surface area contributed by atoms with Crippen LogP contribution in [0.4, 0.5) is 5.69 Å². The SMILES string of the molecule is CC(=O)Nc1ccc(C(=O)COC(=O)[C@@H]2CC(=O)N([C@@H]3CCC[C@@H](C)[C@H]3C)C2)cc1. The molecule has 7 heteroatoms. The average Bonchev–Trinajstić information content (AvgIpc) is 3.09. The summed E-state index contributed by atoms with van der Waals surface area (Å²) in [5.74, 6) is -0.546. The summed E-state index contributed by atoms with van der Waals surface area (Å²) < 4.78 is 5.23. The zero-order valence-corrected chi connectivity index (χ0v) is 17.8. The van der Waals surface area contributed by atoms with E-state index in [0.29, 0.717) is 29.6 Å². The Morgan fingerprint density at radius 3 is 2.50 bits per heavy atom. The van der Waals surface area contributed by atoms with Crippen molar-refractivity contribution in [3.63, 3.8) is 0 Å². The molecule has 1 aromatic carbocycles. The first-order valence-corrected chi connectivity index (χ1v) is 10.6. The Labute approximate surface area is 177 Å². The molecule has 0 radical (unpaired) electrons. The van der Waals surface area contributed by atoms with Crippen molar-refractivity contribution < 1.29 is 23.9 Å². The van der Waals surface area contributed by atoms with Gasteiger partial charge in [-0.2, -0.15) is 0 Å². The largest absolute Gasteiger partial charge is 0.457 e. The molecular weight excluding hydrogens is 384 g/mol. The molecule has 2 aliphatic rings. The van der Waals surface area contributed by atoms with E-state index in [0.717, 1.165) is 12.8 Å². The lowest BCUT2D eigenvalue weighted by Crippen LogP contribution is -2.45. The van der Waals surface area contributed by atoms with Gasteiger partial charge in [-0.25, -0.2) is 0 Å². The van der Waals surface area contributed by atoms with E-state index < -0.39 is 11.9 Å². The Bertz CT molecular complexity index is 819. The van der Waals surface area contributed by atoms with Crippen molar-refractivity contribution in [2.75, 3.05) is 18.5 Å². The number of nitrogens with one attached hydrogen (secondary N) is 1. The quantitative estimate of drug-likeness (QED) is 0.570. The normalized spacial score (nSPS) is 26.4. The van der Waals surface area contributed by atoms with Gasteiger partial charge in [-0.1, -0.05) is 26.7 Å². The minimum Gasteiger partial charge on any atom is -0.457 e. The van der Waals surface area contributed by atoms with E-state index in [9.17, 15) is 19.2 Å². The number of carbonyl (C=O) groups excluding carboxylic acids is 4. The molecule has 1 heterocycles. The number of anilines is 1. The monoisotopic (exact) mass is 414 g/mol. The van der Waals surface area contributed by atoms with Gasteiger partial charge in [0.05, 0.1) is 5.92 Å². The number of carbonyl (C=O) groups is 4. The van der Waals surface area contributed by atoms with Gasteiger partial charge in [-0.05, 0) is 42.5 Å². The highest BCUT2D eigenvalue weighted by atomic mass is 16.5. The molecule has 7 nitrogen and oxygen atoms in total. The molecule has 0 unspecified atom stereocenters. The molecule has 3 rings (SSSR count). The highest BCUT2D eigenvalue weighted by Crippen LogP contribution is 2.35. The third kappa shape index (κ3) is 5.07. The van der Waals surface area contributed by atoms with Gasteiger partial charge in [0.25, 0.3) is 0 Å². The maximum atomic E-state index is 12.5. The Hall–Kier alpha value is -2.70. The third-order valence-corrected chi connectivity index (χ3v) is 6.43. The molecule has 1 N–H and O–H groups in total. The number of rotatable bonds is 6. The summed E-state index contributed by atoms with van der Waals surface area (Å²) in [6.07, 6.45) is 3.41. The lowest BCUT2D eigenvalue weighted by Gasteiger charge is -2.39. The van der Waals surface area contributed by atoms with E-state index in [-0.39, 0.29) is 36.7 Å². The van der Waals surface area contributed by atoms with Crippen LogP contribution < -0.4 is 5.32 Å². The smallest absolute Gasteiger partial charge is 0.311 e. The molecule has 2 amide bonds. The first kappa shape index (κ1) is 22.0. The number of esters is 1. The molecule has 162 valence electrons. The molecule has 2 fully saturated rings. The standard InChI is InChI=1S/C23H30N2O5/c1-14-5-4-6-20(15(14)2)25-12-18(11-22(25)28)23(29)30-13-21(27)17-7-9-19(10-8-17)24-16(3)26/h7-10,14-15,18,20H,4-6,11-13H2,1-3H3,(H,24,26)/t14-,15-,18-,20-/m1/s1. The van der Waals surface area contributed by atoms with Crippen molar-refractivity contribution in [3.05, 3.63) is 29.8 Å². The Kier molecular flexibility index (Phi) is 6.90. The van der Waals surface area contributed by atoms with Crippen LogP contribution in [0.5, 0.6) is 0 Å². The zero-order chi connectivity index (χ0) is 21.8. The van der Waals surface area contributed by atoms with E-state index in [1.54, 1.807) is 24.3 Å². The van der Waals surface area contributed by atoms with Crippen molar-refractivity contribution in [2.45, 2.75) is 52.5 Å². The van der Waals surface area contributed by atoms with Crippen molar-refractivity contribution >= 4 is 29.3 Å². The summed E-state index contributed by atoms with van der Waals surface area (Å²) in [6.45, 7) is 5.82. The Morgan fingerprint density at radius 2 is 1.83 bits per heavy atom. The summed E-state index contributed by atoms with van der Waals surface area (Å²) in [5.41, 5.74) is 0.984. The summed E-state index contributed by atoms with van der Waals surface area (Å²) in [4.78, 5) is 50.2. The van der Waals surface area contributed by atoms with Crippen LogP contribution in [0.15, 0.2) is 24.3 Å². The van der Waals surface area contributed by atoms with Crippen LogP contribution in [0, 0.1) is 17.8 Å². The number of benzene rings is 1. The van der Waals surface area contributed by atoms with Crippen LogP contribution in [0.3, 0.4) is 0 Å². The van der Waals surface area contributed by atoms with Crippen LogP contribution >= 0.6 is 0 Å². The number of hydrogen-bond donors (Lipinski definition) is 1. The maximum absolute atomic E-state index is 12.5. The fourth-order valence-electron chi connectivity index (χ4n) is 4.48. The van der Waals surface area contributed by atoms with Crippen LogP contribution in [0.2, 0.25) is 0 Å². The van der Waals surface area contributed by atoms with Gasteiger partial charge < -0.3 is 15.0 Å². The number of Topliss-reactive ketones (excluding diaryl/α,β-unsaturated/α-hetero) is 1. The first-order valence-electron chi connectivity index (χ1n) is 10.6. The molecule has 1 saturated carbocycles. The third-order valence-electron chi connectivity index (χ3n) is 6.43. The van der Waals surface area contributed by atoms with Gasteiger partial charge in [0.15, 0.2) is 12.4 Å². The number of likely N-dealkylation sites (tertiary alicyclic amines) is 1. The second-order valence-electron chi connectivity index (χ2n) is 8.57. The van der Waals surface area contributed by atoms with Gasteiger partial charge >= 0.3 is 5.97 Å².